The quantitative estimate of drug-likeness (QED) is 0.836. The topological polar surface area (TPSA) is 57.6 Å². The van der Waals surface area contributed by atoms with Gasteiger partial charge in [-0.15, -0.1) is 0 Å². The molecule has 112 valence electrons. The van der Waals surface area contributed by atoms with Gasteiger partial charge in [-0.05, 0) is 43.5 Å². The van der Waals surface area contributed by atoms with E-state index in [-0.39, 0.29) is 0 Å². The predicted molar refractivity (Wildman–Crippen MR) is 79.4 cm³/mol. The van der Waals surface area contributed by atoms with Gasteiger partial charge in [0.15, 0.2) is 9.84 Å². The fraction of sp³-hybridized carbons (Fsp3) is 0.600. The van der Waals surface area contributed by atoms with Crippen LogP contribution < -0.4 is 0 Å². The number of aliphatic hydroxyl groups is 1. The number of aliphatic hydroxyl groups excluding tert-OH is 1. The highest BCUT2D eigenvalue weighted by atomic mass is 32.2. The third kappa shape index (κ3) is 4.04. The molecule has 4 nitrogen and oxygen atoms in total. The Labute approximate surface area is 121 Å². The first kappa shape index (κ1) is 15.5. The van der Waals surface area contributed by atoms with E-state index >= 15 is 0 Å². The smallest absolute Gasteiger partial charge is 0.175 e. The number of benzene rings is 1. The Morgan fingerprint density at radius 2 is 1.90 bits per heavy atom. The summed E-state index contributed by atoms with van der Waals surface area (Å²) in [6.07, 6.45) is 4.15. The predicted octanol–water partition coefficient (Wildman–Crippen LogP) is 2.00. The highest BCUT2D eigenvalue weighted by molar-refractivity contribution is 7.90. The zero-order chi connectivity index (χ0) is 14.8. The van der Waals surface area contributed by atoms with Crippen LogP contribution in [0.25, 0.3) is 0 Å². The number of nitrogens with zero attached hydrogens (tertiary/aromatic N) is 1. The first-order valence-corrected chi connectivity index (χ1v) is 9.03. The number of rotatable bonds is 7. The van der Waals surface area contributed by atoms with Crippen LogP contribution in [0.2, 0.25) is 0 Å². The Hall–Kier alpha value is -0.910. The molecule has 1 unspecified atom stereocenters. The van der Waals surface area contributed by atoms with Gasteiger partial charge in [0.2, 0.25) is 0 Å². The van der Waals surface area contributed by atoms with Crippen LogP contribution in [0.15, 0.2) is 29.2 Å². The summed E-state index contributed by atoms with van der Waals surface area (Å²) in [6.45, 7) is 3.77. The van der Waals surface area contributed by atoms with Crippen molar-refractivity contribution in [3.63, 3.8) is 0 Å². The van der Waals surface area contributed by atoms with E-state index in [1.807, 2.05) is 0 Å². The SMILES string of the molecule is CCCN(CC(O)c1ccc(S(C)(=O)=O)cc1)C1CC1. The van der Waals surface area contributed by atoms with Gasteiger partial charge in [0.05, 0.1) is 11.0 Å². The van der Waals surface area contributed by atoms with Crippen molar-refractivity contribution in [2.24, 2.45) is 0 Å². The molecule has 0 heterocycles. The van der Waals surface area contributed by atoms with E-state index < -0.39 is 15.9 Å². The summed E-state index contributed by atoms with van der Waals surface area (Å²) in [5, 5.41) is 10.3. The third-order valence-corrected chi connectivity index (χ3v) is 4.80. The summed E-state index contributed by atoms with van der Waals surface area (Å²) in [5.74, 6) is 0. The van der Waals surface area contributed by atoms with Crippen molar-refractivity contribution in [3.05, 3.63) is 29.8 Å². The van der Waals surface area contributed by atoms with Crippen molar-refractivity contribution in [2.75, 3.05) is 19.3 Å². The Morgan fingerprint density at radius 1 is 1.30 bits per heavy atom. The molecule has 5 heteroatoms. The van der Waals surface area contributed by atoms with Crippen LogP contribution >= 0.6 is 0 Å². The largest absolute Gasteiger partial charge is 0.387 e. The van der Waals surface area contributed by atoms with E-state index in [1.165, 1.54) is 19.1 Å². The first-order valence-electron chi connectivity index (χ1n) is 7.14. The molecule has 1 aromatic rings. The molecule has 0 aliphatic heterocycles. The summed E-state index contributed by atoms with van der Waals surface area (Å²) in [4.78, 5) is 2.62. The zero-order valence-corrected chi connectivity index (χ0v) is 12.9. The van der Waals surface area contributed by atoms with Gasteiger partial charge in [-0.3, -0.25) is 4.90 Å². The molecule has 0 amide bonds. The molecule has 1 aliphatic rings. The minimum atomic E-state index is -3.17. The van der Waals surface area contributed by atoms with Gasteiger partial charge in [-0.25, -0.2) is 8.42 Å². The molecule has 1 aliphatic carbocycles. The van der Waals surface area contributed by atoms with Crippen LogP contribution in [0.3, 0.4) is 0 Å². The lowest BCUT2D eigenvalue weighted by atomic mass is 10.1. The minimum absolute atomic E-state index is 0.293. The maximum Gasteiger partial charge on any atom is 0.175 e. The van der Waals surface area contributed by atoms with E-state index in [1.54, 1.807) is 24.3 Å². The van der Waals surface area contributed by atoms with E-state index in [0.29, 0.717) is 17.5 Å². The summed E-state index contributed by atoms with van der Waals surface area (Å²) in [7, 11) is -3.17. The average Bonchev–Trinajstić information content (AvgIpc) is 3.21. The van der Waals surface area contributed by atoms with Crippen LogP contribution in [-0.2, 0) is 9.84 Å². The fourth-order valence-corrected chi connectivity index (χ4v) is 3.05. The lowest BCUT2D eigenvalue weighted by Gasteiger charge is -2.24. The van der Waals surface area contributed by atoms with E-state index in [9.17, 15) is 13.5 Å². The van der Waals surface area contributed by atoms with E-state index in [4.69, 9.17) is 0 Å². The minimum Gasteiger partial charge on any atom is -0.387 e. The van der Waals surface area contributed by atoms with Gasteiger partial charge in [0.25, 0.3) is 0 Å². The monoisotopic (exact) mass is 297 g/mol. The van der Waals surface area contributed by atoms with Crippen LogP contribution in [0, 0.1) is 0 Å². The molecule has 1 fully saturated rings. The van der Waals surface area contributed by atoms with Crippen LogP contribution in [0.5, 0.6) is 0 Å². The molecular formula is C15H23NO3S. The second-order valence-corrected chi connectivity index (χ2v) is 7.60. The fourth-order valence-electron chi connectivity index (χ4n) is 2.41. The van der Waals surface area contributed by atoms with Crippen molar-refractivity contribution in [3.8, 4) is 0 Å². The third-order valence-electron chi connectivity index (χ3n) is 3.67. The summed E-state index contributed by atoms with van der Waals surface area (Å²) in [6, 6.07) is 7.17. The number of sulfone groups is 1. The standard InChI is InChI=1S/C15H23NO3S/c1-3-10-16(13-6-7-13)11-15(17)12-4-8-14(9-5-12)20(2,18)19/h4-5,8-9,13,15,17H,3,6-7,10-11H2,1-2H3. The van der Waals surface area contributed by atoms with Gasteiger partial charge < -0.3 is 5.11 Å². The molecule has 2 rings (SSSR count). The van der Waals surface area contributed by atoms with Crippen molar-refractivity contribution < 1.29 is 13.5 Å². The summed E-state index contributed by atoms with van der Waals surface area (Å²) >= 11 is 0. The van der Waals surface area contributed by atoms with Crippen LogP contribution in [0.4, 0.5) is 0 Å². The van der Waals surface area contributed by atoms with Crippen LogP contribution in [0.1, 0.15) is 37.9 Å². The van der Waals surface area contributed by atoms with Gasteiger partial charge in [0, 0.05) is 18.8 Å². The molecule has 1 N–H and O–H groups in total. The maximum atomic E-state index is 11.4. The van der Waals surface area contributed by atoms with Crippen molar-refractivity contribution in [2.45, 2.75) is 43.2 Å². The molecule has 0 spiro atoms. The highest BCUT2D eigenvalue weighted by Crippen LogP contribution is 2.29. The maximum absolute atomic E-state index is 11.4. The molecule has 0 aromatic heterocycles. The van der Waals surface area contributed by atoms with Crippen LogP contribution in [-0.4, -0.2) is 43.8 Å². The van der Waals surface area contributed by atoms with E-state index in [0.717, 1.165) is 18.5 Å². The van der Waals surface area contributed by atoms with Crippen molar-refractivity contribution >= 4 is 9.84 Å². The molecule has 0 radical (unpaired) electrons. The Kier molecular flexibility index (Phi) is 4.83. The second-order valence-electron chi connectivity index (χ2n) is 5.58. The number of hydrogen-bond donors (Lipinski definition) is 1. The van der Waals surface area contributed by atoms with Gasteiger partial charge in [-0.2, -0.15) is 0 Å². The Morgan fingerprint density at radius 3 is 2.35 bits per heavy atom. The van der Waals surface area contributed by atoms with Gasteiger partial charge in [-0.1, -0.05) is 19.1 Å². The average molecular weight is 297 g/mol. The lowest BCUT2D eigenvalue weighted by molar-refractivity contribution is 0.108. The molecule has 1 saturated carbocycles. The van der Waals surface area contributed by atoms with E-state index in [2.05, 4.69) is 11.8 Å². The second kappa shape index (κ2) is 6.24. The molecule has 0 saturated heterocycles. The lowest BCUT2D eigenvalue weighted by Crippen LogP contribution is -2.31. The molecule has 1 aromatic carbocycles. The van der Waals surface area contributed by atoms with Crippen molar-refractivity contribution in [1.29, 1.82) is 0 Å². The Bertz CT molecular complexity index is 535. The molecule has 20 heavy (non-hydrogen) atoms. The zero-order valence-electron chi connectivity index (χ0n) is 12.1. The number of hydrogen-bond acceptors (Lipinski definition) is 4. The normalized spacial score (nSPS) is 17.4. The van der Waals surface area contributed by atoms with Gasteiger partial charge in [0.1, 0.15) is 0 Å². The molecular weight excluding hydrogens is 274 g/mol. The highest BCUT2D eigenvalue weighted by Gasteiger charge is 2.29. The first-order chi connectivity index (χ1) is 9.41. The summed E-state index contributed by atoms with van der Waals surface area (Å²) in [5.41, 5.74) is 0.777. The summed E-state index contributed by atoms with van der Waals surface area (Å²) < 4.78 is 22.8. The molecule has 0 bridgehead atoms. The van der Waals surface area contributed by atoms with Crippen molar-refractivity contribution in [1.82, 2.24) is 4.90 Å². The molecule has 1 atom stereocenters. The Balaban J connectivity index is 2.03. The van der Waals surface area contributed by atoms with Gasteiger partial charge >= 0.3 is 0 Å².